The molecule has 0 unspecified atom stereocenters. The van der Waals surface area contributed by atoms with Gasteiger partial charge in [-0.05, 0) is 44.0 Å². The molecule has 0 heterocycles. The van der Waals surface area contributed by atoms with Gasteiger partial charge < -0.3 is 15.2 Å². The van der Waals surface area contributed by atoms with E-state index in [-0.39, 0.29) is 12.1 Å². The summed E-state index contributed by atoms with van der Waals surface area (Å²) in [6.07, 6.45) is -4.42. The molecule has 28 heavy (non-hydrogen) atoms. The number of hydrogen-bond acceptors (Lipinski definition) is 3. The van der Waals surface area contributed by atoms with Crippen molar-refractivity contribution in [2.75, 3.05) is 5.32 Å². The van der Waals surface area contributed by atoms with E-state index in [9.17, 15) is 27.9 Å². The zero-order chi connectivity index (χ0) is 21.1. The fourth-order valence-corrected chi connectivity index (χ4v) is 3.11. The molecule has 0 saturated carbocycles. The van der Waals surface area contributed by atoms with Crippen molar-refractivity contribution in [2.24, 2.45) is 11.8 Å². The number of amides is 1. The first-order valence-electron chi connectivity index (χ1n) is 8.73. The highest BCUT2D eigenvalue weighted by atomic mass is 19.4. The van der Waals surface area contributed by atoms with Crippen LogP contribution < -0.4 is 10.4 Å². The molecule has 0 aromatic heterocycles. The van der Waals surface area contributed by atoms with Crippen LogP contribution in [0.2, 0.25) is 0 Å². The van der Waals surface area contributed by atoms with Gasteiger partial charge in [0.05, 0.1) is 11.5 Å². The maximum absolute atomic E-state index is 12.9. The average Bonchev–Trinajstić information content (AvgIpc) is 2.57. The highest BCUT2D eigenvalue weighted by molar-refractivity contribution is 5.95. The van der Waals surface area contributed by atoms with Crippen LogP contribution in [0.25, 0.3) is 0 Å². The van der Waals surface area contributed by atoms with Crippen molar-refractivity contribution in [3.05, 3.63) is 64.7 Å². The highest BCUT2D eigenvalue weighted by Gasteiger charge is 2.31. The maximum atomic E-state index is 12.9. The Morgan fingerprint density at radius 1 is 1.07 bits per heavy atom. The summed E-state index contributed by atoms with van der Waals surface area (Å²) in [6, 6.07) is 9.86. The third kappa shape index (κ3) is 5.58. The van der Waals surface area contributed by atoms with E-state index in [0.29, 0.717) is 0 Å². The Labute approximate surface area is 161 Å². The number of rotatable bonds is 6. The minimum Gasteiger partial charge on any atom is -0.550 e. The lowest BCUT2D eigenvalue weighted by atomic mass is 9.86. The number of carbonyl (C=O) groups is 2. The van der Waals surface area contributed by atoms with Crippen molar-refractivity contribution in [1.29, 1.82) is 0 Å². The molecule has 0 radical (unpaired) electrons. The maximum Gasteiger partial charge on any atom is 0.416 e. The van der Waals surface area contributed by atoms with E-state index in [0.717, 1.165) is 28.8 Å². The summed E-state index contributed by atoms with van der Waals surface area (Å²) >= 11 is 0. The molecule has 150 valence electrons. The number of nitrogens with one attached hydrogen (secondary N) is 1. The number of alkyl halides is 3. The van der Waals surface area contributed by atoms with E-state index < -0.39 is 35.5 Å². The van der Waals surface area contributed by atoms with E-state index >= 15 is 0 Å². The third-order valence-corrected chi connectivity index (χ3v) is 4.51. The molecule has 2 aromatic carbocycles. The van der Waals surface area contributed by atoms with Crippen LogP contribution in [-0.4, -0.2) is 11.9 Å². The number of hydrogen-bond donors (Lipinski definition) is 1. The molecule has 0 saturated heterocycles. The number of carboxylic acids is 1. The number of anilines is 1. The minimum atomic E-state index is -4.54. The van der Waals surface area contributed by atoms with E-state index in [1.54, 1.807) is 0 Å². The smallest absolute Gasteiger partial charge is 0.416 e. The van der Waals surface area contributed by atoms with Crippen LogP contribution in [0.15, 0.2) is 42.5 Å². The second kappa shape index (κ2) is 8.46. The quantitative estimate of drug-likeness (QED) is 0.818. The minimum absolute atomic E-state index is 0.0456. The molecule has 2 atom stereocenters. The molecule has 2 rings (SSSR count). The number of aliphatic carboxylic acids is 1. The lowest BCUT2D eigenvalue weighted by Gasteiger charge is -2.24. The third-order valence-electron chi connectivity index (χ3n) is 4.51. The van der Waals surface area contributed by atoms with Crippen LogP contribution in [0.3, 0.4) is 0 Å². The Hall–Kier alpha value is -2.83. The first-order valence-corrected chi connectivity index (χ1v) is 8.73. The Kier molecular flexibility index (Phi) is 6.48. The van der Waals surface area contributed by atoms with Crippen LogP contribution in [0.1, 0.15) is 29.2 Å². The van der Waals surface area contributed by atoms with Crippen LogP contribution in [0, 0.1) is 25.7 Å². The number of carbonyl (C=O) groups excluding carboxylic acids is 2. The fraction of sp³-hybridized carbons (Fsp3) is 0.333. The van der Waals surface area contributed by atoms with Crippen molar-refractivity contribution in [3.8, 4) is 0 Å². The van der Waals surface area contributed by atoms with Gasteiger partial charge in [-0.15, -0.1) is 0 Å². The Bertz CT molecular complexity index is 857. The summed E-state index contributed by atoms with van der Waals surface area (Å²) in [7, 11) is 0. The number of halogens is 3. The van der Waals surface area contributed by atoms with Gasteiger partial charge in [-0.25, -0.2) is 0 Å². The number of carboxylic acid groups (broad SMARTS) is 1. The Morgan fingerprint density at radius 2 is 1.68 bits per heavy atom. The molecule has 4 nitrogen and oxygen atoms in total. The van der Waals surface area contributed by atoms with Gasteiger partial charge in [0.25, 0.3) is 0 Å². The lowest BCUT2D eigenvalue weighted by molar-refractivity contribution is -0.312. The van der Waals surface area contributed by atoms with Crippen LogP contribution in [0.5, 0.6) is 0 Å². The standard InChI is InChI=1S/C21H22F3NO3/c1-12-7-13(2)9-15(8-12)10-18(14(3)20(27)28)19(26)25-17-6-4-5-16(11-17)21(22,23)24/h4-9,11,14,18H,10H2,1-3H3,(H,25,26)(H,27,28)/p-1/t14-,18-/m0/s1. The first-order chi connectivity index (χ1) is 13.0. The summed E-state index contributed by atoms with van der Waals surface area (Å²) in [5.74, 6) is -4.18. The van der Waals surface area contributed by atoms with E-state index in [1.807, 2.05) is 32.0 Å². The normalized spacial score (nSPS) is 13.6. The van der Waals surface area contributed by atoms with Gasteiger partial charge in [-0.2, -0.15) is 13.2 Å². The predicted molar refractivity (Wildman–Crippen MR) is 97.4 cm³/mol. The summed E-state index contributed by atoms with van der Waals surface area (Å²) < 4.78 is 38.6. The molecule has 0 aliphatic carbocycles. The van der Waals surface area contributed by atoms with Gasteiger partial charge >= 0.3 is 6.18 Å². The van der Waals surface area contributed by atoms with Crippen molar-refractivity contribution in [2.45, 2.75) is 33.4 Å². The van der Waals surface area contributed by atoms with Crippen LogP contribution in [0.4, 0.5) is 18.9 Å². The van der Waals surface area contributed by atoms with Crippen LogP contribution >= 0.6 is 0 Å². The molecule has 0 bridgehead atoms. The molecule has 1 amide bonds. The summed E-state index contributed by atoms with van der Waals surface area (Å²) in [4.78, 5) is 24.1. The molecule has 0 aliphatic heterocycles. The molecule has 2 aromatic rings. The Balaban J connectivity index is 2.28. The molecule has 1 N–H and O–H groups in total. The zero-order valence-corrected chi connectivity index (χ0v) is 15.8. The second-order valence-corrected chi connectivity index (χ2v) is 6.98. The molecular formula is C21H21F3NO3-. The SMILES string of the molecule is Cc1cc(C)cc(C[C@H](C(=O)Nc2cccc(C(F)(F)F)c2)[C@H](C)C(=O)[O-])c1. The van der Waals surface area contributed by atoms with E-state index in [1.165, 1.54) is 19.1 Å². The van der Waals surface area contributed by atoms with Gasteiger partial charge in [-0.1, -0.05) is 42.3 Å². The summed E-state index contributed by atoms with van der Waals surface area (Å²) in [5, 5.41) is 13.8. The highest BCUT2D eigenvalue weighted by Crippen LogP contribution is 2.31. The van der Waals surface area contributed by atoms with Gasteiger partial charge in [0.15, 0.2) is 0 Å². The topological polar surface area (TPSA) is 69.2 Å². The molecule has 0 spiro atoms. The molecule has 0 fully saturated rings. The van der Waals surface area contributed by atoms with Crippen molar-refractivity contribution < 1.29 is 27.9 Å². The second-order valence-electron chi connectivity index (χ2n) is 6.98. The lowest BCUT2D eigenvalue weighted by Crippen LogP contribution is -2.40. The van der Waals surface area contributed by atoms with E-state index in [2.05, 4.69) is 5.32 Å². The molecule has 7 heteroatoms. The van der Waals surface area contributed by atoms with Gasteiger partial charge in [-0.3, -0.25) is 4.79 Å². The van der Waals surface area contributed by atoms with Crippen molar-refractivity contribution in [1.82, 2.24) is 0 Å². The van der Waals surface area contributed by atoms with Gasteiger partial charge in [0, 0.05) is 17.6 Å². The molecular weight excluding hydrogens is 371 g/mol. The monoisotopic (exact) mass is 392 g/mol. The Morgan fingerprint density at radius 3 is 2.21 bits per heavy atom. The largest absolute Gasteiger partial charge is 0.550 e. The fourth-order valence-electron chi connectivity index (χ4n) is 3.11. The van der Waals surface area contributed by atoms with Crippen molar-refractivity contribution >= 4 is 17.6 Å². The van der Waals surface area contributed by atoms with Crippen molar-refractivity contribution in [3.63, 3.8) is 0 Å². The first kappa shape index (κ1) is 21.5. The average molecular weight is 392 g/mol. The summed E-state index contributed by atoms with van der Waals surface area (Å²) in [5.41, 5.74) is 1.76. The van der Waals surface area contributed by atoms with E-state index in [4.69, 9.17) is 0 Å². The zero-order valence-electron chi connectivity index (χ0n) is 15.8. The van der Waals surface area contributed by atoms with Crippen LogP contribution in [-0.2, 0) is 22.2 Å². The van der Waals surface area contributed by atoms with Gasteiger partial charge in [0.1, 0.15) is 0 Å². The number of aryl methyl sites for hydroxylation is 2. The molecule has 0 aliphatic rings. The predicted octanol–water partition coefficient (Wildman–Crippen LogP) is 3.51. The number of benzene rings is 2. The van der Waals surface area contributed by atoms with Gasteiger partial charge in [0.2, 0.25) is 5.91 Å². The summed E-state index contributed by atoms with van der Waals surface area (Å²) in [6.45, 7) is 5.13.